The predicted octanol–water partition coefficient (Wildman–Crippen LogP) is 2.00. The molecule has 0 aromatic heterocycles. The first-order chi connectivity index (χ1) is 9.09. The third-order valence-electron chi connectivity index (χ3n) is 3.14. The van der Waals surface area contributed by atoms with Crippen LogP contribution in [-0.2, 0) is 15.9 Å². The molecular weight excluding hydrogens is 244 g/mol. The molecule has 2 rings (SSSR count). The Labute approximate surface area is 114 Å². The van der Waals surface area contributed by atoms with E-state index in [4.69, 9.17) is 19.3 Å². The van der Waals surface area contributed by atoms with Crippen molar-refractivity contribution in [1.82, 2.24) is 0 Å². The molecular formula is C15H22O4. The maximum absolute atomic E-state index is 8.85. The lowest BCUT2D eigenvalue weighted by Gasteiger charge is -2.34. The first-order valence-electron chi connectivity index (χ1n) is 6.69. The van der Waals surface area contributed by atoms with E-state index in [1.165, 1.54) is 0 Å². The van der Waals surface area contributed by atoms with Crippen molar-refractivity contribution in [3.8, 4) is 5.75 Å². The van der Waals surface area contributed by atoms with Crippen molar-refractivity contribution in [3.05, 3.63) is 29.8 Å². The molecule has 0 aliphatic carbocycles. The molecule has 1 saturated heterocycles. The highest BCUT2D eigenvalue weighted by Gasteiger charge is 2.28. The molecule has 1 fully saturated rings. The van der Waals surface area contributed by atoms with Crippen molar-refractivity contribution in [3.63, 3.8) is 0 Å². The second-order valence-corrected chi connectivity index (χ2v) is 5.32. The van der Waals surface area contributed by atoms with Gasteiger partial charge in [0.1, 0.15) is 5.75 Å². The monoisotopic (exact) mass is 266 g/mol. The fraction of sp³-hybridized carbons (Fsp3) is 0.600. The molecule has 0 unspecified atom stereocenters. The van der Waals surface area contributed by atoms with Crippen molar-refractivity contribution in [1.29, 1.82) is 0 Å². The highest BCUT2D eigenvalue weighted by atomic mass is 16.7. The van der Waals surface area contributed by atoms with Crippen molar-refractivity contribution >= 4 is 0 Å². The second-order valence-electron chi connectivity index (χ2n) is 5.32. The Morgan fingerprint density at radius 3 is 2.42 bits per heavy atom. The van der Waals surface area contributed by atoms with E-state index in [-0.39, 0.29) is 12.5 Å². The topological polar surface area (TPSA) is 47.9 Å². The minimum absolute atomic E-state index is 0.173. The summed E-state index contributed by atoms with van der Waals surface area (Å²) in [4.78, 5) is 0. The van der Waals surface area contributed by atoms with Crippen LogP contribution in [0.1, 0.15) is 19.4 Å². The predicted molar refractivity (Wildman–Crippen MR) is 72.2 cm³/mol. The van der Waals surface area contributed by atoms with Gasteiger partial charge in [-0.3, -0.25) is 0 Å². The molecule has 1 aliphatic rings. The molecule has 0 radical (unpaired) electrons. The minimum Gasteiger partial charge on any atom is -0.493 e. The lowest BCUT2D eigenvalue weighted by molar-refractivity contribution is -0.264. The number of hydrogen-bond acceptors (Lipinski definition) is 4. The van der Waals surface area contributed by atoms with Crippen LogP contribution >= 0.6 is 0 Å². The molecule has 19 heavy (non-hydrogen) atoms. The molecule has 0 saturated carbocycles. The molecule has 0 spiro atoms. The maximum Gasteiger partial charge on any atom is 0.162 e. The van der Waals surface area contributed by atoms with E-state index in [0.717, 1.165) is 11.3 Å². The Morgan fingerprint density at radius 1 is 1.21 bits per heavy atom. The normalized spacial score (nSPS) is 19.3. The van der Waals surface area contributed by atoms with E-state index in [2.05, 4.69) is 0 Å². The Bertz CT molecular complexity index is 376. The van der Waals surface area contributed by atoms with E-state index < -0.39 is 5.79 Å². The molecule has 1 aromatic rings. The van der Waals surface area contributed by atoms with Crippen molar-refractivity contribution in [2.45, 2.75) is 26.1 Å². The van der Waals surface area contributed by atoms with E-state index in [1.54, 1.807) is 0 Å². The molecule has 0 bridgehead atoms. The van der Waals surface area contributed by atoms with Gasteiger partial charge in [-0.2, -0.15) is 0 Å². The summed E-state index contributed by atoms with van der Waals surface area (Å²) in [6.45, 7) is 5.93. The molecule has 1 aromatic carbocycles. The lowest BCUT2D eigenvalue weighted by Crippen LogP contribution is -2.41. The Kier molecular flexibility index (Phi) is 4.80. The molecule has 1 aliphatic heterocycles. The fourth-order valence-corrected chi connectivity index (χ4v) is 1.92. The van der Waals surface area contributed by atoms with Gasteiger partial charge in [0.05, 0.1) is 19.8 Å². The summed E-state index contributed by atoms with van der Waals surface area (Å²) < 4.78 is 16.9. The van der Waals surface area contributed by atoms with Crippen molar-refractivity contribution < 1.29 is 19.3 Å². The van der Waals surface area contributed by atoms with E-state index >= 15 is 0 Å². The molecule has 1 heterocycles. The SMILES string of the molecule is CC1(C)OCC(COc2ccc(CCO)cc2)CO1. The molecule has 4 nitrogen and oxygen atoms in total. The van der Waals surface area contributed by atoms with E-state index in [9.17, 15) is 0 Å². The molecule has 0 amide bonds. The highest BCUT2D eigenvalue weighted by molar-refractivity contribution is 5.27. The van der Waals surface area contributed by atoms with Gasteiger partial charge in [-0.25, -0.2) is 0 Å². The largest absolute Gasteiger partial charge is 0.493 e. The Hall–Kier alpha value is -1.10. The van der Waals surface area contributed by atoms with Gasteiger partial charge in [0.25, 0.3) is 0 Å². The molecule has 106 valence electrons. The second kappa shape index (κ2) is 6.37. The van der Waals surface area contributed by atoms with Gasteiger partial charge >= 0.3 is 0 Å². The summed E-state index contributed by atoms with van der Waals surface area (Å²) in [6, 6.07) is 7.81. The zero-order valence-electron chi connectivity index (χ0n) is 11.6. The summed E-state index contributed by atoms with van der Waals surface area (Å²) in [5.41, 5.74) is 1.11. The lowest BCUT2D eigenvalue weighted by atomic mass is 10.1. The van der Waals surface area contributed by atoms with Crippen LogP contribution < -0.4 is 4.74 Å². The van der Waals surface area contributed by atoms with Crippen molar-refractivity contribution in [2.75, 3.05) is 26.4 Å². The number of aliphatic hydroxyl groups excluding tert-OH is 1. The van der Waals surface area contributed by atoms with Gasteiger partial charge in [-0.15, -0.1) is 0 Å². The molecule has 4 heteroatoms. The van der Waals surface area contributed by atoms with Gasteiger partial charge in [0.15, 0.2) is 5.79 Å². The quantitative estimate of drug-likeness (QED) is 0.885. The number of aliphatic hydroxyl groups is 1. The number of rotatable bonds is 5. The summed E-state index contributed by atoms with van der Waals surface area (Å²) in [5.74, 6) is 0.638. The van der Waals surface area contributed by atoms with Crippen LogP contribution in [0.2, 0.25) is 0 Å². The first-order valence-corrected chi connectivity index (χ1v) is 6.69. The van der Waals surface area contributed by atoms with Crippen LogP contribution in [0.25, 0.3) is 0 Å². The smallest absolute Gasteiger partial charge is 0.162 e. The van der Waals surface area contributed by atoms with Crippen LogP contribution in [0, 0.1) is 5.92 Å². The zero-order valence-corrected chi connectivity index (χ0v) is 11.6. The highest BCUT2D eigenvalue weighted by Crippen LogP contribution is 2.21. The van der Waals surface area contributed by atoms with E-state index in [1.807, 2.05) is 38.1 Å². The first kappa shape index (κ1) is 14.3. The van der Waals surface area contributed by atoms with Crippen molar-refractivity contribution in [2.24, 2.45) is 5.92 Å². The van der Waals surface area contributed by atoms with Crippen LogP contribution in [0.3, 0.4) is 0 Å². The molecule has 1 N–H and O–H groups in total. The fourth-order valence-electron chi connectivity index (χ4n) is 1.92. The van der Waals surface area contributed by atoms with E-state index in [0.29, 0.717) is 26.2 Å². The maximum atomic E-state index is 8.85. The average Bonchev–Trinajstić information content (AvgIpc) is 2.40. The third kappa shape index (κ3) is 4.49. The summed E-state index contributed by atoms with van der Waals surface area (Å²) in [6.07, 6.45) is 0.680. The average molecular weight is 266 g/mol. The number of hydrogen-bond donors (Lipinski definition) is 1. The van der Waals surface area contributed by atoms with Gasteiger partial charge in [-0.1, -0.05) is 12.1 Å². The van der Waals surface area contributed by atoms with Crippen LogP contribution in [0.5, 0.6) is 5.75 Å². The van der Waals surface area contributed by atoms with Gasteiger partial charge < -0.3 is 19.3 Å². The van der Waals surface area contributed by atoms with Crippen LogP contribution in [0.4, 0.5) is 0 Å². The third-order valence-corrected chi connectivity index (χ3v) is 3.14. The summed E-state index contributed by atoms with van der Waals surface area (Å²) in [5, 5.41) is 8.85. The number of benzene rings is 1. The van der Waals surface area contributed by atoms with Crippen LogP contribution in [0.15, 0.2) is 24.3 Å². The Morgan fingerprint density at radius 2 is 1.84 bits per heavy atom. The van der Waals surface area contributed by atoms with Crippen LogP contribution in [-0.4, -0.2) is 37.3 Å². The number of ether oxygens (including phenoxy) is 3. The summed E-state index contributed by atoms with van der Waals surface area (Å²) in [7, 11) is 0. The van der Waals surface area contributed by atoms with Gasteiger partial charge in [-0.05, 0) is 38.0 Å². The zero-order chi connectivity index (χ0) is 13.7. The summed E-state index contributed by atoms with van der Waals surface area (Å²) >= 11 is 0. The standard InChI is InChI=1S/C15H22O4/c1-15(2)18-10-13(11-19-15)9-17-14-5-3-12(4-6-14)7-8-16/h3-6,13,16H,7-11H2,1-2H3. The van der Waals surface area contributed by atoms with Gasteiger partial charge in [0.2, 0.25) is 0 Å². The molecule has 0 atom stereocenters. The van der Waals surface area contributed by atoms with Gasteiger partial charge in [0, 0.05) is 12.5 Å². The Balaban J connectivity index is 1.76. The minimum atomic E-state index is -0.470.